The van der Waals surface area contributed by atoms with Gasteiger partial charge in [0.1, 0.15) is 5.82 Å². The molecule has 0 radical (unpaired) electrons. The number of thiophene rings is 1. The zero-order valence-corrected chi connectivity index (χ0v) is 16.8. The molecule has 27 heavy (non-hydrogen) atoms. The number of nitrogens with one attached hydrogen (secondary N) is 1. The molecule has 142 valence electrons. The lowest BCUT2D eigenvalue weighted by Crippen LogP contribution is -2.29. The zero-order chi connectivity index (χ0) is 19.0. The van der Waals surface area contributed by atoms with E-state index in [0.29, 0.717) is 22.8 Å². The van der Waals surface area contributed by atoms with E-state index >= 15 is 0 Å². The third-order valence-electron chi connectivity index (χ3n) is 5.31. The van der Waals surface area contributed by atoms with Crippen molar-refractivity contribution >= 4 is 39.9 Å². The van der Waals surface area contributed by atoms with E-state index in [-0.39, 0.29) is 11.7 Å². The standard InChI is InChI=1S/C20H22FN3OS2/c1-20(8-9-26-19(22)24-20)15-10-13(6-7-16(15)21)23-18(25)17-14-5-3-2-4-12(14)11-27-17/h6-7,10-11H,2-5,8-9H2,1H3,(H2,22,24)(H,23,25). The smallest absolute Gasteiger partial charge is 0.266 e. The van der Waals surface area contributed by atoms with Gasteiger partial charge in [-0.2, -0.15) is 0 Å². The molecule has 1 aliphatic carbocycles. The SMILES string of the molecule is CC1(c2cc(NC(=O)c3scc4c3CCCC4)ccc2F)CCSC(N)=N1. The van der Waals surface area contributed by atoms with E-state index in [1.807, 2.05) is 6.92 Å². The second-order valence-corrected chi connectivity index (χ2v) is 9.24. The Labute approximate surface area is 166 Å². The van der Waals surface area contributed by atoms with Crippen LogP contribution in [0.3, 0.4) is 0 Å². The van der Waals surface area contributed by atoms with Gasteiger partial charge in [-0.25, -0.2) is 4.39 Å². The molecule has 7 heteroatoms. The quantitative estimate of drug-likeness (QED) is 0.782. The van der Waals surface area contributed by atoms with Crippen LogP contribution >= 0.6 is 23.1 Å². The number of halogens is 1. The van der Waals surface area contributed by atoms with Crippen molar-refractivity contribution in [2.75, 3.05) is 11.1 Å². The number of rotatable bonds is 3. The summed E-state index contributed by atoms with van der Waals surface area (Å²) in [5.41, 5.74) is 8.70. The number of fused-ring (bicyclic) bond motifs is 1. The lowest BCUT2D eigenvalue weighted by Gasteiger charge is -2.30. The normalized spacial score (nSPS) is 22.1. The predicted molar refractivity (Wildman–Crippen MR) is 111 cm³/mol. The Morgan fingerprint density at radius 1 is 1.33 bits per heavy atom. The Morgan fingerprint density at radius 3 is 2.96 bits per heavy atom. The van der Waals surface area contributed by atoms with E-state index < -0.39 is 5.54 Å². The highest BCUT2D eigenvalue weighted by Crippen LogP contribution is 2.37. The van der Waals surface area contributed by atoms with Gasteiger partial charge in [0.15, 0.2) is 5.17 Å². The van der Waals surface area contributed by atoms with Gasteiger partial charge in [0.25, 0.3) is 5.91 Å². The highest BCUT2D eigenvalue weighted by atomic mass is 32.2. The van der Waals surface area contributed by atoms with Gasteiger partial charge in [0.05, 0.1) is 10.4 Å². The van der Waals surface area contributed by atoms with Gasteiger partial charge in [-0.15, -0.1) is 11.3 Å². The molecule has 1 amide bonds. The van der Waals surface area contributed by atoms with Crippen molar-refractivity contribution in [2.24, 2.45) is 10.7 Å². The molecule has 1 aliphatic heterocycles. The Bertz CT molecular complexity index is 924. The van der Waals surface area contributed by atoms with Crippen LogP contribution in [0.5, 0.6) is 0 Å². The Hall–Kier alpha value is -1.86. The average Bonchev–Trinajstić information content (AvgIpc) is 3.07. The van der Waals surface area contributed by atoms with Crippen molar-refractivity contribution < 1.29 is 9.18 Å². The van der Waals surface area contributed by atoms with E-state index in [1.54, 1.807) is 12.1 Å². The van der Waals surface area contributed by atoms with Crippen LogP contribution in [0.25, 0.3) is 0 Å². The number of nitrogens with two attached hydrogens (primary N) is 1. The maximum atomic E-state index is 14.5. The van der Waals surface area contributed by atoms with Gasteiger partial charge in [0.2, 0.25) is 0 Å². The number of nitrogens with zero attached hydrogens (tertiary/aromatic N) is 1. The van der Waals surface area contributed by atoms with Crippen molar-refractivity contribution in [2.45, 2.75) is 44.6 Å². The van der Waals surface area contributed by atoms with Gasteiger partial charge in [-0.3, -0.25) is 9.79 Å². The molecule has 3 N–H and O–H groups in total. The summed E-state index contributed by atoms with van der Waals surface area (Å²) in [5, 5.41) is 5.52. The summed E-state index contributed by atoms with van der Waals surface area (Å²) in [5.74, 6) is 0.351. The fourth-order valence-corrected chi connectivity index (χ4v) is 5.82. The first-order chi connectivity index (χ1) is 13.0. The molecule has 2 aliphatic rings. The predicted octanol–water partition coefficient (Wildman–Crippen LogP) is 4.69. The molecule has 2 heterocycles. The Morgan fingerprint density at radius 2 is 2.15 bits per heavy atom. The molecule has 0 bridgehead atoms. The van der Waals surface area contributed by atoms with E-state index in [1.165, 1.54) is 46.7 Å². The maximum Gasteiger partial charge on any atom is 0.266 e. The van der Waals surface area contributed by atoms with Gasteiger partial charge < -0.3 is 11.1 Å². The number of hydrogen-bond acceptors (Lipinski definition) is 5. The van der Waals surface area contributed by atoms with Crippen LogP contribution in [0.2, 0.25) is 0 Å². The number of hydrogen-bond donors (Lipinski definition) is 2. The summed E-state index contributed by atoms with van der Waals surface area (Å²) in [4.78, 5) is 18.1. The highest BCUT2D eigenvalue weighted by Gasteiger charge is 2.32. The van der Waals surface area contributed by atoms with Crippen molar-refractivity contribution in [3.8, 4) is 0 Å². The minimum atomic E-state index is -0.706. The summed E-state index contributed by atoms with van der Waals surface area (Å²) >= 11 is 2.98. The van der Waals surface area contributed by atoms with E-state index in [0.717, 1.165) is 29.9 Å². The first-order valence-corrected chi connectivity index (χ1v) is 11.0. The molecule has 1 atom stereocenters. The molecule has 2 aromatic rings. The minimum absolute atomic E-state index is 0.118. The number of anilines is 1. The zero-order valence-electron chi connectivity index (χ0n) is 15.2. The molecule has 1 unspecified atom stereocenters. The van der Waals surface area contributed by atoms with E-state index in [2.05, 4.69) is 15.7 Å². The van der Waals surface area contributed by atoms with E-state index in [4.69, 9.17) is 5.73 Å². The van der Waals surface area contributed by atoms with Crippen LogP contribution in [0, 0.1) is 5.82 Å². The highest BCUT2D eigenvalue weighted by molar-refractivity contribution is 8.13. The first kappa shape index (κ1) is 18.5. The molecule has 1 aromatic carbocycles. The second kappa shape index (κ2) is 7.28. The number of amidine groups is 1. The molecule has 0 fully saturated rings. The van der Waals surface area contributed by atoms with Crippen LogP contribution in [0.15, 0.2) is 28.6 Å². The second-order valence-electron chi connectivity index (χ2n) is 7.25. The third-order valence-corrected chi connectivity index (χ3v) is 7.18. The third kappa shape index (κ3) is 3.62. The maximum absolute atomic E-state index is 14.5. The van der Waals surface area contributed by atoms with Crippen LogP contribution < -0.4 is 11.1 Å². The molecule has 0 saturated heterocycles. The minimum Gasteiger partial charge on any atom is -0.379 e. The van der Waals surface area contributed by atoms with Crippen molar-refractivity contribution in [3.05, 3.63) is 51.0 Å². The molecule has 0 spiro atoms. The van der Waals surface area contributed by atoms with Crippen LogP contribution in [-0.2, 0) is 18.4 Å². The van der Waals surface area contributed by atoms with Gasteiger partial charge in [-0.05, 0) is 73.7 Å². The molecule has 4 rings (SSSR count). The lowest BCUT2D eigenvalue weighted by atomic mass is 9.89. The molecular formula is C20H22FN3OS2. The fourth-order valence-electron chi connectivity index (χ4n) is 3.79. The Balaban J connectivity index is 1.61. The number of amides is 1. The largest absolute Gasteiger partial charge is 0.379 e. The van der Waals surface area contributed by atoms with Gasteiger partial charge in [-0.1, -0.05) is 11.8 Å². The molecule has 0 saturated carbocycles. The lowest BCUT2D eigenvalue weighted by molar-refractivity contribution is 0.102. The fraction of sp³-hybridized carbons (Fsp3) is 0.400. The molecule has 1 aromatic heterocycles. The Kier molecular flexibility index (Phi) is 4.99. The van der Waals surface area contributed by atoms with Gasteiger partial charge in [0, 0.05) is 17.0 Å². The molecule has 4 nitrogen and oxygen atoms in total. The van der Waals surface area contributed by atoms with E-state index in [9.17, 15) is 9.18 Å². The number of carbonyl (C=O) groups excluding carboxylic acids is 1. The summed E-state index contributed by atoms with van der Waals surface area (Å²) in [6.07, 6.45) is 5.02. The summed E-state index contributed by atoms with van der Waals surface area (Å²) < 4.78 is 14.5. The first-order valence-electron chi connectivity index (χ1n) is 9.15. The number of aliphatic imine (C=N–C) groups is 1. The van der Waals surface area contributed by atoms with Gasteiger partial charge >= 0.3 is 0 Å². The van der Waals surface area contributed by atoms with Crippen LogP contribution in [0.1, 0.15) is 52.5 Å². The van der Waals surface area contributed by atoms with Crippen molar-refractivity contribution in [1.29, 1.82) is 0 Å². The summed E-state index contributed by atoms with van der Waals surface area (Å²) in [6.45, 7) is 1.89. The average molecular weight is 404 g/mol. The van der Waals surface area contributed by atoms with Crippen molar-refractivity contribution in [1.82, 2.24) is 0 Å². The number of benzene rings is 1. The van der Waals surface area contributed by atoms with Crippen LogP contribution in [0.4, 0.5) is 10.1 Å². The number of thioether (sulfide) groups is 1. The van der Waals surface area contributed by atoms with Crippen LogP contribution in [-0.4, -0.2) is 16.8 Å². The number of carbonyl (C=O) groups is 1. The van der Waals surface area contributed by atoms with Crippen molar-refractivity contribution in [3.63, 3.8) is 0 Å². The summed E-state index contributed by atoms with van der Waals surface area (Å²) in [6, 6.07) is 4.69. The molecular weight excluding hydrogens is 381 g/mol. The topological polar surface area (TPSA) is 67.5 Å². The summed E-state index contributed by atoms with van der Waals surface area (Å²) in [7, 11) is 0. The number of aryl methyl sites for hydroxylation is 1. The monoisotopic (exact) mass is 403 g/mol.